The summed E-state index contributed by atoms with van der Waals surface area (Å²) in [5.74, 6) is 0.270. The van der Waals surface area contributed by atoms with Crippen molar-refractivity contribution in [3.63, 3.8) is 0 Å². The summed E-state index contributed by atoms with van der Waals surface area (Å²) < 4.78 is 5.44. The first-order chi connectivity index (χ1) is 14.1. The van der Waals surface area contributed by atoms with Gasteiger partial charge >= 0.3 is 6.09 Å². The lowest BCUT2D eigenvalue weighted by Crippen LogP contribution is -2.48. The van der Waals surface area contributed by atoms with E-state index in [9.17, 15) is 19.7 Å². The van der Waals surface area contributed by atoms with Gasteiger partial charge in [0, 0.05) is 23.4 Å². The molecule has 0 unspecified atom stereocenters. The van der Waals surface area contributed by atoms with Gasteiger partial charge in [0.15, 0.2) is 0 Å². The summed E-state index contributed by atoms with van der Waals surface area (Å²) in [5.41, 5.74) is 12.0. The average molecular weight is 434 g/mol. The molecular weight excluding hydrogens is 402 g/mol. The highest BCUT2D eigenvalue weighted by Crippen LogP contribution is 2.33. The van der Waals surface area contributed by atoms with E-state index >= 15 is 0 Å². The lowest BCUT2D eigenvalue weighted by molar-refractivity contribution is -0.384. The van der Waals surface area contributed by atoms with Crippen LogP contribution in [0.5, 0.6) is 0 Å². The topological polar surface area (TPSA) is 154 Å². The van der Waals surface area contributed by atoms with E-state index in [1.807, 2.05) is 0 Å². The van der Waals surface area contributed by atoms with Gasteiger partial charge in [0.1, 0.15) is 17.2 Å². The lowest BCUT2D eigenvalue weighted by Gasteiger charge is -2.34. The largest absolute Gasteiger partial charge is 0.444 e. The second-order valence-electron chi connectivity index (χ2n) is 8.70. The quantitative estimate of drug-likeness (QED) is 0.320. The minimum absolute atomic E-state index is 0.0897. The third-order valence-electron chi connectivity index (χ3n) is 4.19. The Morgan fingerprint density at radius 1 is 1.26 bits per heavy atom. The van der Waals surface area contributed by atoms with Gasteiger partial charge in [-0.05, 0) is 54.5 Å². The van der Waals surface area contributed by atoms with Crippen molar-refractivity contribution >= 4 is 29.1 Å². The number of rotatable bonds is 3. The normalized spacial score (nSPS) is 15.8. The Labute approximate surface area is 182 Å². The van der Waals surface area contributed by atoms with Crippen LogP contribution < -0.4 is 11.5 Å². The highest BCUT2D eigenvalue weighted by atomic mass is 16.6. The van der Waals surface area contributed by atoms with Crippen LogP contribution in [0.25, 0.3) is 0 Å². The summed E-state index contributed by atoms with van der Waals surface area (Å²) in [4.78, 5) is 38.1. The number of nitro groups is 1. The summed E-state index contributed by atoms with van der Waals surface area (Å²) in [6, 6.07) is 5.80. The molecule has 1 amide bonds. The van der Waals surface area contributed by atoms with Crippen LogP contribution in [0.3, 0.4) is 0 Å². The first kappa shape index (κ1) is 25.6. The van der Waals surface area contributed by atoms with E-state index in [-0.39, 0.29) is 23.9 Å². The average Bonchev–Trinajstić information content (AvgIpc) is 2.83. The van der Waals surface area contributed by atoms with E-state index in [1.165, 1.54) is 36.9 Å². The molecule has 0 aliphatic carbocycles. The second-order valence-corrected chi connectivity index (χ2v) is 8.70. The van der Waals surface area contributed by atoms with Gasteiger partial charge in [0.2, 0.25) is 0 Å². The summed E-state index contributed by atoms with van der Waals surface area (Å²) >= 11 is 0. The first-order valence-electron chi connectivity index (χ1n) is 9.62. The summed E-state index contributed by atoms with van der Waals surface area (Å²) in [5, 5.41) is 10.9. The zero-order valence-electron chi connectivity index (χ0n) is 19.1. The van der Waals surface area contributed by atoms with Crippen LogP contribution in [0, 0.1) is 10.1 Å². The number of carbonyl (C=O) groups excluding carboxylic acids is 2. The van der Waals surface area contributed by atoms with Gasteiger partial charge in [0.25, 0.3) is 5.69 Å². The van der Waals surface area contributed by atoms with Gasteiger partial charge in [-0.25, -0.2) is 9.79 Å². The molecule has 1 aliphatic heterocycles. The lowest BCUT2D eigenvalue weighted by atomic mass is 10.0. The fourth-order valence-corrected chi connectivity index (χ4v) is 2.67. The van der Waals surface area contributed by atoms with Gasteiger partial charge in [-0.1, -0.05) is 6.07 Å². The fraction of sp³-hybridized carbons (Fsp3) is 0.476. The van der Waals surface area contributed by atoms with Crippen molar-refractivity contribution in [3.8, 4) is 0 Å². The van der Waals surface area contributed by atoms with Crippen LogP contribution in [-0.4, -0.2) is 45.2 Å². The Morgan fingerprint density at radius 2 is 1.81 bits per heavy atom. The Morgan fingerprint density at radius 3 is 2.29 bits per heavy atom. The number of amides is 1. The van der Waals surface area contributed by atoms with Crippen LogP contribution in [0.4, 0.5) is 16.2 Å². The van der Waals surface area contributed by atoms with Crippen LogP contribution >= 0.6 is 0 Å². The van der Waals surface area contributed by atoms with Crippen molar-refractivity contribution in [2.24, 2.45) is 16.5 Å². The number of nitro benzene ring substituents is 1. The summed E-state index contributed by atoms with van der Waals surface area (Å²) in [6.07, 6.45) is -0.506. The van der Waals surface area contributed by atoms with Crippen molar-refractivity contribution in [3.05, 3.63) is 45.6 Å². The molecule has 0 bridgehead atoms. The van der Waals surface area contributed by atoms with E-state index in [0.717, 1.165) is 0 Å². The Hall–Kier alpha value is -3.43. The molecule has 1 aromatic carbocycles. The van der Waals surface area contributed by atoms with Gasteiger partial charge in [-0.3, -0.25) is 15.0 Å². The van der Waals surface area contributed by atoms with Crippen molar-refractivity contribution < 1.29 is 19.2 Å². The van der Waals surface area contributed by atoms with E-state index in [0.29, 0.717) is 17.0 Å². The minimum Gasteiger partial charge on any atom is -0.444 e. The fourth-order valence-electron chi connectivity index (χ4n) is 2.67. The van der Waals surface area contributed by atoms with Gasteiger partial charge in [-0.2, -0.15) is 0 Å². The van der Waals surface area contributed by atoms with E-state index in [1.54, 1.807) is 40.7 Å². The number of ketones is 1. The molecule has 2 rings (SSSR count). The van der Waals surface area contributed by atoms with Crippen molar-refractivity contribution in [2.75, 3.05) is 6.54 Å². The maximum absolute atomic E-state index is 12.5. The highest BCUT2D eigenvalue weighted by Gasteiger charge is 2.43. The zero-order valence-corrected chi connectivity index (χ0v) is 19.1. The number of hydrogen-bond acceptors (Lipinski definition) is 7. The molecule has 0 atom stereocenters. The minimum atomic E-state index is -0.805. The smallest absolute Gasteiger partial charge is 0.411 e. The number of hydrogen-bond donors (Lipinski definition) is 2. The molecule has 0 saturated heterocycles. The molecule has 1 aliphatic rings. The Bertz CT molecular complexity index is 924. The standard InChI is InChI=1S/C18H25N5O4.C3H6O/c1-17(2,3)27-16(24)22-10-13(14(19)18(22,4)5)15(20)21-11-7-6-8-12(9-11)23(25)26;1-3(2)4/h6-9H,10,19H2,1-5H3,(H2,20,21);1-2H3. The molecule has 4 N–H and O–H groups in total. The Balaban J connectivity index is 0.00000110. The number of amidine groups is 1. The molecule has 1 aromatic rings. The molecule has 0 spiro atoms. The van der Waals surface area contributed by atoms with E-state index < -0.39 is 22.2 Å². The second kappa shape index (κ2) is 9.59. The predicted molar refractivity (Wildman–Crippen MR) is 119 cm³/mol. The third-order valence-corrected chi connectivity index (χ3v) is 4.19. The molecule has 10 heteroatoms. The van der Waals surface area contributed by atoms with Crippen LogP contribution in [-0.2, 0) is 9.53 Å². The molecule has 10 nitrogen and oxygen atoms in total. The van der Waals surface area contributed by atoms with Gasteiger partial charge in [-0.15, -0.1) is 0 Å². The van der Waals surface area contributed by atoms with Crippen LogP contribution in [0.1, 0.15) is 48.5 Å². The molecule has 0 saturated carbocycles. The van der Waals surface area contributed by atoms with Gasteiger partial charge < -0.3 is 21.0 Å². The first-order valence-corrected chi connectivity index (χ1v) is 9.62. The SMILES string of the molecule is CC(C)(C)OC(=O)N1CC(C(N)=Nc2cccc([N+](=O)[O-])c2)=C(N)C1(C)C.CC(C)=O. The van der Waals surface area contributed by atoms with E-state index in [2.05, 4.69) is 4.99 Å². The maximum Gasteiger partial charge on any atom is 0.411 e. The monoisotopic (exact) mass is 433 g/mol. The van der Waals surface area contributed by atoms with Crippen LogP contribution in [0.15, 0.2) is 40.5 Å². The Kier molecular flexibility index (Phi) is 7.92. The number of aliphatic imine (C=N–C) groups is 1. The molecule has 1 heterocycles. The third kappa shape index (κ3) is 7.09. The molecule has 31 heavy (non-hydrogen) atoms. The summed E-state index contributed by atoms with van der Waals surface area (Å²) in [7, 11) is 0. The summed E-state index contributed by atoms with van der Waals surface area (Å²) in [6.45, 7) is 12.1. The number of carbonyl (C=O) groups is 2. The molecule has 170 valence electrons. The number of benzene rings is 1. The van der Waals surface area contributed by atoms with Crippen molar-refractivity contribution in [2.45, 2.75) is 59.6 Å². The number of non-ortho nitro benzene ring substituents is 1. The highest BCUT2D eigenvalue weighted by molar-refractivity contribution is 6.01. The zero-order chi connectivity index (χ0) is 24.1. The van der Waals surface area contributed by atoms with Crippen molar-refractivity contribution in [1.29, 1.82) is 0 Å². The molecular formula is C21H31N5O5. The molecule has 0 aromatic heterocycles. The number of ether oxygens (including phenoxy) is 1. The number of nitrogens with two attached hydrogens (primary N) is 2. The molecule has 0 radical (unpaired) electrons. The van der Waals surface area contributed by atoms with E-state index in [4.69, 9.17) is 16.2 Å². The van der Waals surface area contributed by atoms with Crippen LogP contribution in [0.2, 0.25) is 0 Å². The molecule has 0 fully saturated rings. The van der Waals surface area contributed by atoms with Crippen molar-refractivity contribution in [1.82, 2.24) is 4.90 Å². The predicted octanol–water partition coefficient (Wildman–Crippen LogP) is 3.42. The maximum atomic E-state index is 12.5. The number of Topliss-reactive ketones (excluding diaryl/α,β-unsaturated/α-hetero) is 1. The number of nitrogens with zero attached hydrogens (tertiary/aromatic N) is 3. The van der Waals surface area contributed by atoms with Gasteiger partial charge in [0.05, 0.1) is 22.7 Å².